The van der Waals surface area contributed by atoms with Gasteiger partial charge >= 0.3 is 0 Å². The van der Waals surface area contributed by atoms with Crippen molar-refractivity contribution in [1.82, 2.24) is 14.6 Å². The Hall–Kier alpha value is -2.15. The van der Waals surface area contributed by atoms with E-state index in [-0.39, 0.29) is 5.78 Å². The fourth-order valence-corrected chi connectivity index (χ4v) is 1.09. The molecule has 4 nitrogen and oxygen atoms in total. The Labute approximate surface area is 74.2 Å². The highest BCUT2D eigenvalue weighted by Crippen LogP contribution is 2.08. The molecule has 2 aromatic rings. The zero-order valence-electron chi connectivity index (χ0n) is 6.64. The molecule has 0 saturated carbocycles. The Morgan fingerprint density at radius 3 is 3.15 bits per heavy atom. The van der Waals surface area contributed by atoms with Crippen LogP contribution in [0.4, 0.5) is 0 Å². The van der Waals surface area contributed by atoms with Crippen molar-refractivity contribution in [3.8, 4) is 12.3 Å². The summed E-state index contributed by atoms with van der Waals surface area (Å²) in [6, 6.07) is 0. The summed E-state index contributed by atoms with van der Waals surface area (Å²) in [5.74, 6) is 1.67. The van der Waals surface area contributed by atoms with Gasteiger partial charge in [0.15, 0.2) is 0 Å². The van der Waals surface area contributed by atoms with Crippen molar-refractivity contribution in [1.29, 1.82) is 0 Å². The molecule has 0 aliphatic carbocycles. The van der Waals surface area contributed by atoms with Crippen molar-refractivity contribution in [3.63, 3.8) is 0 Å². The van der Waals surface area contributed by atoms with Crippen molar-refractivity contribution < 1.29 is 4.79 Å². The van der Waals surface area contributed by atoms with E-state index in [1.807, 2.05) is 5.92 Å². The van der Waals surface area contributed by atoms with Crippen LogP contribution in [0.1, 0.15) is 10.4 Å². The van der Waals surface area contributed by atoms with E-state index in [1.165, 1.54) is 6.20 Å². The number of terminal acetylenes is 1. The van der Waals surface area contributed by atoms with Gasteiger partial charge in [-0.05, 0) is 5.92 Å². The second-order valence-corrected chi connectivity index (χ2v) is 2.44. The van der Waals surface area contributed by atoms with Crippen LogP contribution in [0.15, 0.2) is 24.8 Å². The van der Waals surface area contributed by atoms with Gasteiger partial charge in [0.2, 0.25) is 5.78 Å². The number of ketones is 1. The average molecular weight is 171 g/mol. The zero-order chi connectivity index (χ0) is 9.26. The highest BCUT2D eigenvalue weighted by molar-refractivity contribution is 6.12. The molecule has 0 atom stereocenters. The van der Waals surface area contributed by atoms with Crippen molar-refractivity contribution >= 4 is 11.3 Å². The summed E-state index contributed by atoms with van der Waals surface area (Å²) in [5.41, 5.74) is 1.04. The minimum absolute atomic E-state index is 0.372. The van der Waals surface area contributed by atoms with Crippen molar-refractivity contribution in [2.75, 3.05) is 0 Å². The molecule has 0 fully saturated rings. The Bertz CT molecular complexity index is 507. The highest BCUT2D eigenvalue weighted by Gasteiger charge is 2.09. The average Bonchev–Trinajstić information content (AvgIpc) is 2.60. The van der Waals surface area contributed by atoms with Crippen LogP contribution in [0.3, 0.4) is 0 Å². The first kappa shape index (κ1) is 7.50. The first-order valence-corrected chi connectivity index (χ1v) is 3.61. The molecule has 0 aliphatic rings. The van der Waals surface area contributed by atoms with Crippen LogP contribution in [0.2, 0.25) is 0 Å². The number of hydrogen-bond acceptors (Lipinski definition) is 3. The van der Waals surface area contributed by atoms with Crippen molar-refractivity contribution in [2.24, 2.45) is 0 Å². The maximum atomic E-state index is 11.2. The molecule has 2 aromatic heterocycles. The van der Waals surface area contributed by atoms with Gasteiger partial charge in [-0.2, -0.15) is 5.10 Å². The van der Waals surface area contributed by atoms with E-state index >= 15 is 0 Å². The maximum absolute atomic E-state index is 11.2. The first-order valence-electron chi connectivity index (χ1n) is 3.61. The summed E-state index contributed by atoms with van der Waals surface area (Å²) in [6.45, 7) is 0. The van der Waals surface area contributed by atoms with Crippen LogP contribution < -0.4 is 0 Å². The van der Waals surface area contributed by atoms with Gasteiger partial charge in [0.05, 0.1) is 23.5 Å². The number of nitrogens with zero attached hydrogens (tertiary/aromatic N) is 3. The Kier molecular flexibility index (Phi) is 1.57. The molecule has 0 N–H and O–H groups in total. The molecule has 62 valence electrons. The normalized spacial score (nSPS) is 9.77. The summed E-state index contributed by atoms with van der Waals surface area (Å²) in [7, 11) is 0. The minimum atomic E-state index is -0.372. The summed E-state index contributed by atoms with van der Waals surface area (Å²) >= 11 is 0. The predicted molar refractivity (Wildman–Crippen MR) is 46.2 cm³/mol. The van der Waals surface area contributed by atoms with Gasteiger partial charge in [-0.1, -0.05) is 0 Å². The molecule has 0 spiro atoms. The van der Waals surface area contributed by atoms with Gasteiger partial charge in [0.1, 0.15) is 0 Å². The number of carbonyl (C=O) groups excluding carboxylic acids is 1. The SMILES string of the molecule is C#CC(=O)c1cnn2ccncc12. The van der Waals surface area contributed by atoms with Crippen LogP contribution in [0.25, 0.3) is 5.52 Å². The Balaban J connectivity index is 2.73. The van der Waals surface area contributed by atoms with Gasteiger partial charge in [-0.3, -0.25) is 9.78 Å². The molecular formula is C9H5N3O. The van der Waals surface area contributed by atoms with Gasteiger partial charge in [-0.15, -0.1) is 6.42 Å². The quantitative estimate of drug-likeness (QED) is 0.357. The number of rotatable bonds is 1. The van der Waals surface area contributed by atoms with E-state index in [0.717, 1.165) is 0 Å². The molecule has 2 rings (SSSR count). The molecule has 2 heterocycles. The number of aromatic nitrogens is 3. The summed E-state index contributed by atoms with van der Waals surface area (Å²) in [5, 5.41) is 3.95. The lowest BCUT2D eigenvalue weighted by atomic mass is 10.2. The largest absolute Gasteiger partial charge is 0.279 e. The van der Waals surface area contributed by atoms with E-state index in [4.69, 9.17) is 6.42 Å². The topological polar surface area (TPSA) is 47.3 Å². The van der Waals surface area contributed by atoms with Crippen LogP contribution in [0, 0.1) is 12.3 Å². The van der Waals surface area contributed by atoms with E-state index in [2.05, 4.69) is 10.1 Å². The summed E-state index contributed by atoms with van der Waals surface area (Å²) in [6.07, 6.45) is 11.2. The minimum Gasteiger partial charge on any atom is -0.279 e. The number of Topliss-reactive ketones (excluding diaryl/α,β-unsaturated/α-hetero) is 1. The van der Waals surface area contributed by atoms with E-state index in [9.17, 15) is 4.79 Å². The summed E-state index contributed by atoms with van der Waals surface area (Å²) in [4.78, 5) is 15.1. The lowest BCUT2D eigenvalue weighted by Gasteiger charge is -1.90. The van der Waals surface area contributed by atoms with E-state index in [0.29, 0.717) is 11.1 Å². The predicted octanol–water partition coefficient (Wildman–Crippen LogP) is 0.545. The molecule has 4 heteroatoms. The third-order valence-corrected chi connectivity index (χ3v) is 1.70. The summed E-state index contributed by atoms with van der Waals surface area (Å²) < 4.78 is 1.55. The molecule has 0 radical (unpaired) electrons. The smallest absolute Gasteiger partial charge is 0.239 e. The Morgan fingerprint density at radius 2 is 2.38 bits per heavy atom. The van der Waals surface area contributed by atoms with Crippen LogP contribution >= 0.6 is 0 Å². The maximum Gasteiger partial charge on any atom is 0.239 e. The molecular weight excluding hydrogens is 166 g/mol. The molecule has 0 unspecified atom stereocenters. The fourth-order valence-electron chi connectivity index (χ4n) is 1.09. The molecule has 0 aromatic carbocycles. The molecule has 13 heavy (non-hydrogen) atoms. The van der Waals surface area contributed by atoms with Crippen LogP contribution in [-0.2, 0) is 0 Å². The third-order valence-electron chi connectivity index (χ3n) is 1.70. The Morgan fingerprint density at radius 1 is 1.54 bits per heavy atom. The monoisotopic (exact) mass is 171 g/mol. The van der Waals surface area contributed by atoms with Gasteiger partial charge in [-0.25, -0.2) is 4.52 Å². The molecule has 0 bridgehead atoms. The van der Waals surface area contributed by atoms with Crippen molar-refractivity contribution in [2.45, 2.75) is 0 Å². The van der Waals surface area contributed by atoms with Gasteiger partial charge < -0.3 is 0 Å². The first-order chi connectivity index (χ1) is 6.33. The standard InChI is InChI=1S/C9H5N3O/c1-2-9(13)7-5-11-12-4-3-10-6-8(7)12/h1,3-6H. The highest BCUT2D eigenvalue weighted by atomic mass is 16.1. The second kappa shape index (κ2) is 2.72. The number of fused-ring (bicyclic) bond motifs is 1. The third kappa shape index (κ3) is 1.07. The van der Waals surface area contributed by atoms with Gasteiger partial charge in [0, 0.05) is 12.4 Å². The van der Waals surface area contributed by atoms with Crippen molar-refractivity contribution in [3.05, 3.63) is 30.4 Å². The van der Waals surface area contributed by atoms with Crippen LogP contribution in [-0.4, -0.2) is 20.4 Å². The molecule has 0 saturated heterocycles. The molecule has 0 aliphatic heterocycles. The fraction of sp³-hybridized carbons (Fsp3) is 0. The van der Waals surface area contributed by atoms with E-state index < -0.39 is 0 Å². The number of hydrogen-bond donors (Lipinski definition) is 0. The second-order valence-electron chi connectivity index (χ2n) is 2.44. The lowest BCUT2D eigenvalue weighted by molar-refractivity contribution is 0.105. The van der Waals surface area contributed by atoms with Gasteiger partial charge in [0.25, 0.3) is 0 Å². The number of carbonyl (C=O) groups is 1. The zero-order valence-corrected chi connectivity index (χ0v) is 6.64. The lowest BCUT2D eigenvalue weighted by Crippen LogP contribution is -1.94. The van der Waals surface area contributed by atoms with Crippen LogP contribution in [0.5, 0.6) is 0 Å². The molecule has 0 amide bonds. The van der Waals surface area contributed by atoms with E-state index in [1.54, 1.807) is 23.1 Å².